The van der Waals surface area contributed by atoms with Crippen molar-refractivity contribution in [1.82, 2.24) is 19.9 Å². The lowest BCUT2D eigenvalue weighted by molar-refractivity contribution is 0.0504. The molecule has 9 rings (SSSR count). The Kier molecular flexibility index (Phi) is 18.9. The Bertz CT molecular complexity index is 4150. The van der Waals surface area contributed by atoms with Gasteiger partial charge >= 0.3 is 0 Å². The molecule has 4 atom stereocenters. The number of nitrogens with one attached hydrogen (secondary N) is 2. The summed E-state index contributed by atoms with van der Waals surface area (Å²) < 4.78 is 283. The van der Waals surface area contributed by atoms with Gasteiger partial charge < -0.3 is 80.0 Å². The molecule has 0 radical (unpaired) electrons. The van der Waals surface area contributed by atoms with E-state index in [1.807, 2.05) is 4.98 Å². The van der Waals surface area contributed by atoms with Crippen LogP contribution in [0.5, 0.6) is 34.5 Å². The van der Waals surface area contributed by atoms with Gasteiger partial charge in [0.15, 0.2) is 81.0 Å². The van der Waals surface area contributed by atoms with Gasteiger partial charge in [-0.05, 0) is 37.1 Å². The first-order chi connectivity index (χ1) is 42.6. The molecule has 34 heteroatoms. The Morgan fingerprint density at radius 3 is 0.944 bits per heavy atom. The number of aromatic amines is 2. The van der Waals surface area contributed by atoms with Crippen molar-refractivity contribution in [2.75, 3.05) is 52.9 Å². The summed E-state index contributed by atoms with van der Waals surface area (Å²) in [7, 11) is 0. The number of ether oxygens (including phenoxy) is 4. The standard InChI is InChI=1S/C56H40F16N4O14/c57-33-29(34(58)42(66)53(41(33)65)87-11-15(81)7-77)25-19-1-2-20(73-19)26(30-35(59)43(67)54(44(68)36(30)60)88-12-16(82)8-78)22-4-6-24(75-22)28(32-39(63)47(71)56(48(72)40(32)64)90-14-18(84)10-80)50-52(86)51(85)49(76-50)27(23-5-3-21(25)74-23)31-37(61)45(69)55(46(70)38(31)62)89-13-17(83)9-79/h1-3,5,15-18,73,76-86H,4,6-14H2. The van der Waals surface area contributed by atoms with Crippen LogP contribution in [0.2, 0.25) is 0 Å². The predicted molar refractivity (Wildman–Crippen MR) is 276 cm³/mol. The normalized spacial score (nSPS) is 13.7. The van der Waals surface area contributed by atoms with E-state index in [0.29, 0.717) is 24.3 Å². The van der Waals surface area contributed by atoms with Crippen molar-refractivity contribution in [3.63, 3.8) is 0 Å². The maximum absolute atomic E-state index is 16.9. The molecular weight excluding hydrogens is 1260 g/mol. The second-order valence-electron chi connectivity index (χ2n) is 19.5. The molecule has 12 N–H and O–H groups in total. The fourth-order valence-corrected chi connectivity index (χ4v) is 9.43. The highest BCUT2D eigenvalue weighted by Gasteiger charge is 2.38. The van der Waals surface area contributed by atoms with Crippen molar-refractivity contribution in [1.29, 1.82) is 0 Å². The first-order valence-corrected chi connectivity index (χ1v) is 25.7. The number of aromatic hydroxyl groups is 2. The molecule has 3 aromatic heterocycles. The average Bonchev–Trinajstić information content (AvgIpc) is 1.46. The molecule has 5 heterocycles. The number of aliphatic hydroxyl groups excluding tert-OH is 8. The summed E-state index contributed by atoms with van der Waals surface area (Å²) in [4.78, 5) is 12.5. The lowest BCUT2D eigenvalue weighted by Crippen LogP contribution is -2.22. The van der Waals surface area contributed by atoms with Gasteiger partial charge in [-0.25, -0.2) is 40.1 Å². The van der Waals surface area contributed by atoms with E-state index in [0.717, 1.165) is 0 Å². The van der Waals surface area contributed by atoms with Crippen LogP contribution in [-0.4, -0.2) is 148 Å². The Hall–Kier alpha value is -8.90. The van der Waals surface area contributed by atoms with Crippen molar-refractivity contribution < 1.29 is 140 Å². The quantitative estimate of drug-likeness (QED) is 0.0260. The Morgan fingerprint density at radius 1 is 0.344 bits per heavy atom. The van der Waals surface area contributed by atoms with E-state index < -0.39 is 307 Å². The molecule has 2 aliphatic heterocycles. The molecule has 2 aliphatic rings. The van der Waals surface area contributed by atoms with E-state index in [4.69, 9.17) is 14.2 Å². The summed E-state index contributed by atoms with van der Waals surface area (Å²) in [6.07, 6.45) is -8.76. The average molecular weight is 1300 g/mol. The van der Waals surface area contributed by atoms with E-state index >= 15 is 70.2 Å². The van der Waals surface area contributed by atoms with E-state index in [-0.39, 0.29) is 0 Å². The number of rotatable bonds is 20. The highest BCUT2D eigenvalue weighted by Crippen LogP contribution is 2.51. The zero-order valence-corrected chi connectivity index (χ0v) is 44.7. The molecule has 0 saturated carbocycles. The van der Waals surface area contributed by atoms with Crippen LogP contribution >= 0.6 is 0 Å². The second-order valence-corrected chi connectivity index (χ2v) is 19.5. The van der Waals surface area contributed by atoms with Crippen molar-refractivity contribution in [2.24, 2.45) is 0 Å². The summed E-state index contributed by atoms with van der Waals surface area (Å²) in [6.45, 7) is -9.54. The number of hydrogen-bond acceptors (Lipinski definition) is 16. The SMILES string of the molecule is OCC(O)COc1c(F)c(F)c(-c2c3nc(c(-c4c(F)c(F)c(OCC(O)CO)c(F)c4F)c4[nH]c(c(O)c4O)c(-c4c(F)c(F)c(OCC(O)CO)c(F)c4F)c4nc(c(-c5c(F)c(F)c(OCC(O)CO)c(F)c5F)c5ccc2[nH]5)CC4)C=C3)c(F)c1F. The third-order valence-electron chi connectivity index (χ3n) is 13.7. The van der Waals surface area contributed by atoms with Crippen LogP contribution in [0.15, 0.2) is 12.1 Å². The molecule has 8 bridgehead atoms. The largest absolute Gasteiger partial charge is 0.503 e. The van der Waals surface area contributed by atoms with Gasteiger partial charge in [-0.3, -0.25) is 4.98 Å². The van der Waals surface area contributed by atoms with Gasteiger partial charge in [-0.2, -0.15) is 35.1 Å². The molecular formula is C56H40F16N4O14. The van der Waals surface area contributed by atoms with Crippen LogP contribution < -0.4 is 18.9 Å². The van der Waals surface area contributed by atoms with Crippen LogP contribution in [0, 0.1) is 93.1 Å². The topological polar surface area (TPSA) is 297 Å². The van der Waals surface area contributed by atoms with Gasteiger partial charge in [0.2, 0.25) is 46.5 Å². The molecule has 4 unspecified atom stereocenters. The van der Waals surface area contributed by atoms with E-state index in [1.165, 1.54) is 0 Å². The number of aromatic nitrogens is 4. The molecule has 480 valence electrons. The number of hydrogen-bond donors (Lipinski definition) is 12. The van der Waals surface area contributed by atoms with E-state index in [1.54, 1.807) is 0 Å². The number of nitrogens with zero attached hydrogens (tertiary/aromatic N) is 2. The smallest absolute Gasteiger partial charge is 0.204 e. The van der Waals surface area contributed by atoms with Gasteiger partial charge in [-0.15, -0.1) is 0 Å². The minimum Gasteiger partial charge on any atom is -0.503 e. The molecule has 0 aliphatic carbocycles. The zero-order chi connectivity index (χ0) is 65.8. The monoisotopic (exact) mass is 1300 g/mol. The molecule has 0 spiro atoms. The molecule has 90 heavy (non-hydrogen) atoms. The number of benzene rings is 4. The van der Waals surface area contributed by atoms with Crippen molar-refractivity contribution in [2.45, 2.75) is 37.3 Å². The lowest BCUT2D eigenvalue weighted by atomic mass is 9.98. The number of H-pyrrole nitrogens is 2. The molecule has 7 aromatic rings. The Labute approximate surface area is 490 Å². The minimum atomic E-state index is -2.57. The van der Waals surface area contributed by atoms with Gasteiger partial charge in [0.25, 0.3) is 0 Å². The molecule has 0 fully saturated rings. The maximum Gasteiger partial charge on any atom is 0.204 e. The maximum atomic E-state index is 16.9. The number of halogens is 16. The third kappa shape index (κ3) is 11.4. The summed E-state index contributed by atoms with van der Waals surface area (Å²) in [5, 5.41) is 99.8. The van der Waals surface area contributed by atoms with Crippen LogP contribution in [0.25, 0.3) is 78.7 Å². The van der Waals surface area contributed by atoms with Gasteiger partial charge in [0, 0.05) is 33.3 Å². The van der Waals surface area contributed by atoms with Crippen LogP contribution in [-0.2, 0) is 12.8 Å². The molecule has 0 saturated heterocycles. The van der Waals surface area contributed by atoms with Gasteiger partial charge in [0.05, 0.1) is 82.5 Å². The van der Waals surface area contributed by atoms with Gasteiger partial charge in [-0.1, -0.05) is 0 Å². The highest BCUT2D eigenvalue weighted by molar-refractivity contribution is 6.02. The summed E-state index contributed by atoms with van der Waals surface area (Å²) >= 11 is 0. The van der Waals surface area contributed by atoms with Crippen molar-refractivity contribution in [3.05, 3.63) is 128 Å². The molecule has 18 nitrogen and oxygen atoms in total. The summed E-state index contributed by atoms with van der Waals surface area (Å²) in [6, 6.07) is 1.29. The number of fused-ring (bicyclic) bond motifs is 8. The van der Waals surface area contributed by atoms with Crippen LogP contribution in [0.1, 0.15) is 22.8 Å². The molecule has 0 amide bonds. The second kappa shape index (κ2) is 25.9. The van der Waals surface area contributed by atoms with Gasteiger partial charge in [0.1, 0.15) is 50.8 Å². The Balaban J connectivity index is 1.54. The minimum absolute atomic E-state index is 0.497. The number of aryl methyl sites for hydroxylation is 2. The van der Waals surface area contributed by atoms with Crippen LogP contribution in [0.4, 0.5) is 70.2 Å². The van der Waals surface area contributed by atoms with E-state index in [9.17, 15) is 51.1 Å². The molecule has 4 aromatic carbocycles. The van der Waals surface area contributed by atoms with Crippen LogP contribution in [0.3, 0.4) is 0 Å². The number of aliphatic hydroxyl groups is 8. The lowest BCUT2D eigenvalue weighted by Gasteiger charge is -2.16. The third-order valence-corrected chi connectivity index (χ3v) is 13.7. The summed E-state index contributed by atoms with van der Waals surface area (Å²) in [5.41, 5.74) is -22.9. The fraction of sp³-hybridized carbons (Fsp3) is 0.250. The fourth-order valence-electron chi connectivity index (χ4n) is 9.43. The van der Waals surface area contributed by atoms with Crippen molar-refractivity contribution in [3.8, 4) is 79.0 Å². The van der Waals surface area contributed by atoms with Crippen molar-refractivity contribution >= 4 is 34.2 Å². The zero-order valence-electron chi connectivity index (χ0n) is 44.7. The predicted octanol–water partition coefficient (Wildman–Crippen LogP) is 7.50. The highest BCUT2D eigenvalue weighted by atomic mass is 19.2. The Morgan fingerprint density at radius 2 is 0.611 bits per heavy atom. The first-order valence-electron chi connectivity index (χ1n) is 25.7. The summed E-state index contributed by atoms with van der Waals surface area (Å²) in [5.74, 6) is -51.0. The first kappa shape index (κ1) is 65.5. The van der Waals surface area contributed by atoms with E-state index in [2.05, 4.69) is 19.7 Å².